The largest absolute Gasteiger partial charge is 0.244 e. The molecule has 2 aromatic rings. The standard InChI is InChI=1S/C15H15BrClNO2S/c1-18(11-12-5-3-2-4-6-12)21(19,20)15-8-7-13(10-17)9-14(15)16/h2-9H,10-11H2,1H3. The third kappa shape index (κ3) is 3.86. The molecule has 0 unspecified atom stereocenters. The van der Waals surface area contributed by atoms with E-state index in [4.69, 9.17) is 11.6 Å². The smallest absolute Gasteiger partial charge is 0.207 e. The molecule has 0 fully saturated rings. The highest BCUT2D eigenvalue weighted by molar-refractivity contribution is 9.10. The van der Waals surface area contributed by atoms with Crippen LogP contribution in [-0.2, 0) is 22.4 Å². The van der Waals surface area contributed by atoms with Crippen LogP contribution in [0.4, 0.5) is 0 Å². The van der Waals surface area contributed by atoms with Gasteiger partial charge in [-0.3, -0.25) is 0 Å². The maximum absolute atomic E-state index is 12.6. The van der Waals surface area contributed by atoms with Gasteiger partial charge in [-0.15, -0.1) is 11.6 Å². The van der Waals surface area contributed by atoms with Gasteiger partial charge in [0, 0.05) is 23.9 Å². The Kier molecular flexibility index (Phi) is 5.43. The number of rotatable bonds is 5. The molecule has 2 aromatic carbocycles. The zero-order valence-electron chi connectivity index (χ0n) is 11.5. The summed E-state index contributed by atoms with van der Waals surface area (Å²) in [7, 11) is -1.98. The fourth-order valence-electron chi connectivity index (χ4n) is 1.93. The minimum atomic E-state index is -3.55. The molecule has 0 radical (unpaired) electrons. The molecule has 0 aromatic heterocycles. The zero-order chi connectivity index (χ0) is 15.5. The van der Waals surface area contributed by atoms with E-state index < -0.39 is 10.0 Å². The molecule has 0 heterocycles. The lowest BCUT2D eigenvalue weighted by molar-refractivity contribution is 0.466. The van der Waals surface area contributed by atoms with E-state index in [0.717, 1.165) is 11.1 Å². The monoisotopic (exact) mass is 387 g/mol. The van der Waals surface area contributed by atoms with Gasteiger partial charge in [0.25, 0.3) is 0 Å². The van der Waals surface area contributed by atoms with Gasteiger partial charge in [0.15, 0.2) is 0 Å². The van der Waals surface area contributed by atoms with Crippen LogP contribution < -0.4 is 0 Å². The van der Waals surface area contributed by atoms with E-state index in [-0.39, 0.29) is 4.90 Å². The molecule has 21 heavy (non-hydrogen) atoms. The van der Waals surface area contributed by atoms with Crippen molar-refractivity contribution in [2.45, 2.75) is 17.3 Å². The van der Waals surface area contributed by atoms with Crippen molar-refractivity contribution in [2.75, 3.05) is 7.05 Å². The van der Waals surface area contributed by atoms with Crippen molar-refractivity contribution < 1.29 is 8.42 Å². The van der Waals surface area contributed by atoms with Gasteiger partial charge in [0.1, 0.15) is 0 Å². The Morgan fingerprint density at radius 1 is 1.10 bits per heavy atom. The summed E-state index contributed by atoms with van der Waals surface area (Å²) in [4.78, 5) is 0.245. The van der Waals surface area contributed by atoms with Crippen LogP contribution in [0.15, 0.2) is 57.9 Å². The van der Waals surface area contributed by atoms with Crippen molar-refractivity contribution in [2.24, 2.45) is 0 Å². The first-order valence-electron chi connectivity index (χ1n) is 6.30. The highest BCUT2D eigenvalue weighted by Crippen LogP contribution is 2.27. The second kappa shape index (κ2) is 6.92. The first-order valence-corrected chi connectivity index (χ1v) is 9.06. The summed E-state index contributed by atoms with van der Waals surface area (Å²) in [6, 6.07) is 14.5. The molecule has 0 saturated carbocycles. The molecule has 112 valence electrons. The first kappa shape index (κ1) is 16.5. The van der Waals surface area contributed by atoms with Gasteiger partial charge in [-0.25, -0.2) is 8.42 Å². The maximum atomic E-state index is 12.6. The second-order valence-electron chi connectivity index (χ2n) is 4.65. The lowest BCUT2D eigenvalue weighted by atomic mass is 10.2. The highest BCUT2D eigenvalue weighted by Gasteiger charge is 2.23. The van der Waals surface area contributed by atoms with Gasteiger partial charge in [-0.05, 0) is 39.2 Å². The van der Waals surface area contributed by atoms with Gasteiger partial charge in [0.05, 0.1) is 4.90 Å². The predicted octanol–water partition coefficient (Wildman–Crippen LogP) is 4.01. The predicted molar refractivity (Wildman–Crippen MR) is 88.8 cm³/mol. The molecule has 0 bridgehead atoms. The van der Waals surface area contributed by atoms with Crippen LogP contribution in [0.1, 0.15) is 11.1 Å². The quantitative estimate of drug-likeness (QED) is 0.726. The van der Waals surface area contributed by atoms with Gasteiger partial charge in [0.2, 0.25) is 10.0 Å². The van der Waals surface area contributed by atoms with Crippen molar-refractivity contribution in [3.63, 3.8) is 0 Å². The van der Waals surface area contributed by atoms with E-state index in [0.29, 0.717) is 16.9 Å². The molecule has 0 amide bonds. The van der Waals surface area contributed by atoms with Crippen molar-refractivity contribution in [3.05, 3.63) is 64.1 Å². The molecule has 0 saturated heterocycles. The van der Waals surface area contributed by atoms with Gasteiger partial charge >= 0.3 is 0 Å². The Balaban J connectivity index is 2.29. The molecule has 0 aliphatic heterocycles. The molecular weight excluding hydrogens is 374 g/mol. The molecule has 0 atom stereocenters. The topological polar surface area (TPSA) is 37.4 Å². The number of nitrogens with zero attached hydrogens (tertiary/aromatic N) is 1. The second-order valence-corrected chi connectivity index (χ2v) is 7.78. The summed E-state index contributed by atoms with van der Waals surface area (Å²) in [5.41, 5.74) is 1.81. The molecule has 0 spiro atoms. The van der Waals surface area contributed by atoms with Gasteiger partial charge in [-0.2, -0.15) is 4.31 Å². The van der Waals surface area contributed by atoms with Crippen molar-refractivity contribution in [3.8, 4) is 0 Å². The number of sulfonamides is 1. The Labute approximate surface area is 138 Å². The summed E-state index contributed by atoms with van der Waals surface area (Å²) in [5, 5.41) is 0. The number of halogens is 2. The molecule has 0 aliphatic rings. The van der Waals surface area contributed by atoms with E-state index >= 15 is 0 Å². The van der Waals surface area contributed by atoms with E-state index in [9.17, 15) is 8.42 Å². The number of benzene rings is 2. The van der Waals surface area contributed by atoms with E-state index in [1.165, 1.54) is 4.31 Å². The fourth-order valence-corrected chi connectivity index (χ4v) is 4.34. The summed E-state index contributed by atoms with van der Waals surface area (Å²) in [6.45, 7) is 0.326. The van der Waals surface area contributed by atoms with Gasteiger partial charge in [-0.1, -0.05) is 36.4 Å². The van der Waals surface area contributed by atoms with E-state index in [1.807, 2.05) is 30.3 Å². The molecule has 2 rings (SSSR count). The summed E-state index contributed by atoms with van der Waals surface area (Å²) < 4.78 is 27.1. The summed E-state index contributed by atoms with van der Waals surface area (Å²) >= 11 is 9.07. The fraction of sp³-hybridized carbons (Fsp3) is 0.200. The first-order chi connectivity index (χ1) is 9.95. The molecule has 6 heteroatoms. The Morgan fingerprint density at radius 2 is 1.76 bits per heavy atom. The van der Waals surface area contributed by atoms with Crippen LogP contribution >= 0.6 is 27.5 Å². The average molecular weight is 389 g/mol. The Hall–Kier alpha value is -0.880. The maximum Gasteiger partial charge on any atom is 0.244 e. The Morgan fingerprint density at radius 3 is 2.33 bits per heavy atom. The number of hydrogen-bond donors (Lipinski definition) is 0. The summed E-state index contributed by atoms with van der Waals surface area (Å²) in [6.07, 6.45) is 0. The Bertz CT molecular complexity index is 720. The average Bonchev–Trinajstić information content (AvgIpc) is 2.47. The van der Waals surface area contributed by atoms with Crippen LogP contribution in [0.2, 0.25) is 0 Å². The van der Waals surface area contributed by atoms with E-state index in [1.54, 1.807) is 25.2 Å². The third-order valence-corrected chi connectivity index (χ3v) is 6.18. The highest BCUT2D eigenvalue weighted by atomic mass is 79.9. The van der Waals surface area contributed by atoms with Crippen molar-refractivity contribution >= 4 is 37.6 Å². The minimum Gasteiger partial charge on any atom is -0.207 e. The molecular formula is C15H15BrClNO2S. The SMILES string of the molecule is CN(Cc1ccccc1)S(=O)(=O)c1ccc(CCl)cc1Br. The van der Waals surface area contributed by atoms with Crippen LogP contribution in [0, 0.1) is 0 Å². The normalized spacial score (nSPS) is 11.8. The van der Waals surface area contributed by atoms with E-state index in [2.05, 4.69) is 15.9 Å². The third-order valence-electron chi connectivity index (χ3n) is 3.09. The summed E-state index contributed by atoms with van der Waals surface area (Å²) in [5.74, 6) is 0.346. The minimum absolute atomic E-state index is 0.245. The molecule has 3 nitrogen and oxygen atoms in total. The lowest BCUT2D eigenvalue weighted by Gasteiger charge is -2.18. The molecule has 0 aliphatic carbocycles. The number of hydrogen-bond acceptors (Lipinski definition) is 2. The van der Waals surface area contributed by atoms with Crippen LogP contribution in [0.3, 0.4) is 0 Å². The van der Waals surface area contributed by atoms with Crippen LogP contribution in [0.5, 0.6) is 0 Å². The van der Waals surface area contributed by atoms with Crippen molar-refractivity contribution in [1.29, 1.82) is 0 Å². The van der Waals surface area contributed by atoms with Crippen LogP contribution in [-0.4, -0.2) is 19.8 Å². The molecule has 0 N–H and O–H groups in total. The number of alkyl halides is 1. The zero-order valence-corrected chi connectivity index (χ0v) is 14.6. The van der Waals surface area contributed by atoms with Gasteiger partial charge < -0.3 is 0 Å². The van der Waals surface area contributed by atoms with Crippen LogP contribution in [0.25, 0.3) is 0 Å². The van der Waals surface area contributed by atoms with Crippen molar-refractivity contribution in [1.82, 2.24) is 4.31 Å². The lowest BCUT2D eigenvalue weighted by Crippen LogP contribution is -2.26.